The van der Waals surface area contributed by atoms with E-state index in [1.165, 1.54) is 154 Å². The number of unbranched alkanes of at least 4 members (excludes halogenated alkanes) is 30. The first-order valence-electron chi connectivity index (χ1n) is 27.1. The van der Waals surface area contributed by atoms with Crippen molar-refractivity contribution in [2.45, 2.75) is 284 Å². The predicted octanol–water partition coefficient (Wildman–Crippen LogP) is 17.9. The molecule has 366 valence electrons. The minimum Gasteiger partial charge on any atom is -0.462 e. The van der Waals surface area contributed by atoms with Gasteiger partial charge in [-0.15, -0.1) is 0 Å². The molecule has 0 heterocycles. The Kier molecular flexibility index (Phi) is 49.8. The Bertz CT molecular complexity index is 1110. The van der Waals surface area contributed by atoms with E-state index in [9.17, 15) is 14.4 Å². The van der Waals surface area contributed by atoms with Crippen molar-refractivity contribution < 1.29 is 28.6 Å². The minimum absolute atomic E-state index is 0.0762. The lowest BCUT2D eigenvalue weighted by molar-refractivity contribution is -0.167. The highest BCUT2D eigenvalue weighted by molar-refractivity contribution is 5.71. The average Bonchev–Trinajstić information content (AvgIpc) is 3.28. The van der Waals surface area contributed by atoms with Crippen LogP contribution >= 0.6 is 0 Å². The number of esters is 3. The maximum atomic E-state index is 12.7. The van der Waals surface area contributed by atoms with Crippen molar-refractivity contribution in [2.24, 2.45) is 0 Å². The summed E-state index contributed by atoms with van der Waals surface area (Å²) in [5.74, 6) is -0.889. The SMILES string of the molecule is CCCCCC/C=C\CCCCCCCC(=O)OC(COC(=O)CCCCCCCCC)COC(=O)CCCCCCCCCCCC/C=C\C/C=C\C/C=C\CCCCCCC. The summed E-state index contributed by atoms with van der Waals surface area (Å²) >= 11 is 0. The van der Waals surface area contributed by atoms with Gasteiger partial charge in [-0.3, -0.25) is 14.4 Å². The number of ether oxygens (including phenoxy) is 3. The molecule has 6 heteroatoms. The van der Waals surface area contributed by atoms with Gasteiger partial charge in [0.2, 0.25) is 0 Å². The van der Waals surface area contributed by atoms with E-state index in [0.29, 0.717) is 19.3 Å². The maximum absolute atomic E-state index is 12.7. The van der Waals surface area contributed by atoms with Gasteiger partial charge in [0.25, 0.3) is 0 Å². The van der Waals surface area contributed by atoms with E-state index in [-0.39, 0.29) is 31.1 Å². The number of rotatable bonds is 49. The van der Waals surface area contributed by atoms with Crippen LogP contribution in [-0.2, 0) is 28.6 Å². The molecule has 0 aromatic rings. The van der Waals surface area contributed by atoms with Crippen LogP contribution in [0.4, 0.5) is 0 Å². The molecule has 0 aliphatic rings. The van der Waals surface area contributed by atoms with Gasteiger partial charge in [-0.2, -0.15) is 0 Å². The van der Waals surface area contributed by atoms with E-state index in [1.807, 2.05) is 0 Å². The molecule has 0 radical (unpaired) electrons. The van der Waals surface area contributed by atoms with Gasteiger partial charge < -0.3 is 14.2 Å². The van der Waals surface area contributed by atoms with Crippen LogP contribution in [0.5, 0.6) is 0 Å². The summed E-state index contributed by atoms with van der Waals surface area (Å²) in [6, 6.07) is 0. The summed E-state index contributed by atoms with van der Waals surface area (Å²) in [4.78, 5) is 37.8. The number of allylic oxidation sites excluding steroid dienone is 8. The highest BCUT2D eigenvalue weighted by Crippen LogP contribution is 2.15. The Labute approximate surface area is 390 Å². The lowest BCUT2D eigenvalue weighted by Crippen LogP contribution is -2.30. The molecule has 0 aromatic carbocycles. The second-order valence-corrected chi connectivity index (χ2v) is 18.1. The number of carbonyl (C=O) groups excluding carboxylic acids is 3. The van der Waals surface area contributed by atoms with Crippen LogP contribution in [0.3, 0.4) is 0 Å². The molecule has 0 aliphatic heterocycles. The largest absolute Gasteiger partial charge is 0.462 e. The molecule has 63 heavy (non-hydrogen) atoms. The third-order valence-electron chi connectivity index (χ3n) is 11.8. The lowest BCUT2D eigenvalue weighted by Gasteiger charge is -2.18. The molecule has 0 rings (SSSR count). The fraction of sp³-hybridized carbons (Fsp3) is 0.807. The maximum Gasteiger partial charge on any atom is 0.306 e. The van der Waals surface area contributed by atoms with Crippen LogP contribution in [0.1, 0.15) is 278 Å². The zero-order valence-electron chi connectivity index (χ0n) is 41.8. The van der Waals surface area contributed by atoms with E-state index >= 15 is 0 Å². The first-order chi connectivity index (χ1) is 31.0. The van der Waals surface area contributed by atoms with Gasteiger partial charge in [0, 0.05) is 19.3 Å². The van der Waals surface area contributed by atoms with E-state index in [2.05, 4.69) is 69.4 Å². The van der Waals surface area contributed by atoms with Crippen molar-refractivity contribution in [3.05, 3.63) is 48.6 Å². The Balaban J connectivity index is 4.15. The Morgan fingerprint density at radius 1 is 0.317 bits per heavy atom. The third-order valence-corrected chi connectivity index (χ3v) is 11.8. The topological polar surface area (TPSA) is 78.9 Å². The summed E-state index contributed by atoms with van der Waals surface area (Å²) in [5.41, 5.74) is 0. The summed E-state index contributed by atoms with van der Waals surface area (Å²) in [6.07, 6.45) is 62.6. The average molecular weight is 883 g/mol. The van der Waals surface area contributed by atoms with Crippen LogP contribution < -0.4 is 0 Å². The Morgan fingerprint density at radius 2 is 0.571 bits per heavy atom. The number of hydrogen-bond donors (Lipinski definition) is 0. The van der Waals surface area contributed by atoms with Crippen molar-refractivity contribution >= 4 is 17.9 Å². The smallest absolute Gasteiger partial charge is 0.306 e. The Hall–Kier alpha value is -2.63. The van der Waals surface area contributed by atoms with Crippen LogP contribution in [0.25, 0.3) is 0 Å². The van der Waals surface area contributed by atoms with Gasteiger partial charge in [0.15, 0.2) is 6.10 Å². The summed E-state index contributed by atoms with van der Waals surface area (Å²) in [7, 11) is 0. The molecule has 6 nitrogen and oxygen atoms in total. The second kappa shape index (κ2) is 52.0. The van der Waals surface area contributed by atoms with Crippen LogP contribution in [-0.4, -0.2) is 37.2 Å². The van der Waals surface area contributed by atoms with E-state index in [4.69, 9.17) is 14.2 Å². The van der Waals surface area contributed by atoms with Crippen molar-refractivity contribution in [3.8, 4) is 0 Å². The molecule has 0 aliphatic carbocycles. The zero-order chi connectivity index (χ0) is 45.8. The van der Waals surface area contributed by atoms with Crippen LogP contribution in [0.2, 0.25) is 0 Å². The van der Waals surface area contributed by atoms with Crippen molar-refractivity contribution in [1.82, 2.24) is 0 Å². The highest BCUT2D eigenvalue weighted by atomic mass is 16.6. The number of carbonyl (C=O) groups is 3. The standard InChI is InChI=1S/C57H102O6/c1-4-7-10-13-16-18-20-22-23-24-25-26-27-28-29-30-31-32-33-35-36-38-41-44-47-50-56(59)62-53-54(52-61-55(58)49-46-43-40-15-12-9-6-3)63-57(60)51-48-45-42-39-37-34-21-19-17-14-11-8-5-2/h19-22,24-25,27-28,54H,4-18,23,26,29-53H2,1-3H3/b21-19-,22-20-,25-24-,28-27-. The van der Waals surface area contributed by atoms with Crippen molar-refractivity contribution in [2.75, 3.05) is 13.2 Å². The molecule has 0 aromatic heterocycles. The number of hydrogen-bond acceptors (Lipinski definition) is 6. The van der Waals surface area contributed by atoms with Gasteiger partial charge in [0.05, 0.1) is 0 Å². The molecule has 0 bridgehead atoms. The third kappa shape index (κ3) is 50.2. The molecule has 1 atom stereocenters. The van der Waals surface area contributed by atoms with Gasteiger partial charge in [-0.25, -0.2) is 0 Å². The minimum atomic E-state index is -0.774. The highest BCUT2D eigenvalue weighted by Gasteiger charge is 2.19. The molecule has 1 unspecified atom stereocenters. The van der Waals surface area contributed by atoms with Crippen LogP contribution in [0, 0.1) is 0 Å². The molecule has 0 amide bonds. The zero-order valence-corrected chi connectivity index (χ0v) is 41.8. The molecule has 0 fully saturated rings. The van der Waals surface area contributed by atoms with E-state index in [0.717, 1.165) is 83.5 Å². The fourth-order valence-corrected chi connectivity index (χ4v) is 7.68. The van der Waals surface area contributed by atoms with E-state index < -0.39 is 6.10 Å². The molecule has 0 saturated heterocycles. The first-order valence-corrected chi connectivity index (χ1v) is 27.1. The van der Waals surface area contributed by atoms with Gasteiger partial charge in [-0.05, 0) is 83.5 Å². The molecule has 0 saturated carbocycles. The van der Waals surface area contributed by atoms with Gasteiger partial charge >= 0.3 is 17.9 Å². The molecular weight excluding hydrogens is 781 g/mol. The first kappa shape index (κ1) is 60.4. The van der Waals surface area contributed by atoms with Gasteiger partial charge in [0.1, 0.15) is 13.2 Å². The molecular formula is C57H102O6. The van der Waals surface area contributed by atoms with Crippen molar-refractivity contribution in [3.63, 3.8) is 0 Å². The Morgan fingerprint density at radius 3 is 0.921 bits per heavy atom. The van der Waals surface area contributed by atoms with Gasteiger partial charge in [-0.1, -0.05) is 223 Å². The fourth-order valence-electron chi connectivity index (χ4n) is 7.68. The molecule has 0 N–H and O–H groups in total. The van der Waals surface area contributed by atoms with E-state index in [1.54, 1.807) is 0 Å². The second-order valence-electron chi connectivity index (χ2n) is 18.1. The summed E-state index contributed by atoms with van der Waals surface area (Å²) in [6.45, 7) is 6.57. The van der Waals surface area contributed by atoms with Crippen molar-refractivity contribution in [1.29, 1.82) is 0 Å². The normalized spacial score (nSPS) is 12.4. The summed E-state index contributed by atoms with van der Waals surface area (Å²) < 4.78 is 16.7. The monoisotopic (exact) mass is 883 g/mol. The predicted molar refractivity (Wildman–Crippen MR) is 270 cm³/mol. The lowest BCUT2D eigenvalue weighted by atomic mass is 10.1. The quantitative estimate of drug-likeness (QED) is 0.0262. The summed E-state index contributed by atoms with van der Waals surface area (Å²) in [5, 5.41) is 0. The molecule has 0 spiro atoms. The van der Waals surface area contributed by atoms with Crippen LogP contribution in [0.15, 0.2) is 48.6 Å².